The van der Waals surface area contributed by atoms with E-state index in [4.69, 9.17) is 4.74 Å². The minimum absolute atomic E-state index is 0.00406. The molecule has 20 heavy (non-hydrogen) atoms. The third kappa shape index (κ3) is 7.09. The van der Waals surface area contributed by atoms with Gasteiger partial charge in [0.2, 0.25) is 0 Å². The number of urea groups is 1. The first-order valence-corrected chi connectivity index (χ1v) is 9.17. The highest BCUT2D eigenvalue weighted by molar-refractivity contribution is 7.90. The molecular weight excluding hydrogens is 280 g/mol. The third-order valence-corrected chi connectivity index (χ3v) is 4.16. The van der Waals surface area contributed by atoms with Crippen LogP contribution in [0.15, 0.2) is 0 Å². The molecule has 0 aromatic heterocycles. The second kappa shape index (κ2) is 7.83. The minimum Gasteiger partial charge on any atom is -0.376 e. The maximum Gasteiger partial charge on any atom is 0.315 e. The van der Waals surface area contributed by atoms with E-state index in [2.05, 4.69) is 24.5 Å². The number of hydrogen-bond acceptors (Lipinski definition) is 4. The van der Waals surface area contributed by atoms with Gasteiger partial charge in [-0.05, 0) is 25.2 Å². The monoisotopic (exact) mass is 306 g/mol. The van der Waals surface area contributed by atoms with Gasteiger partial charge in [0.1, 0.15) is 9.84 Å². The van der Waals surface area contributed by atoms with Crippen LogP contribution in [0.3, 0.4) is 0 Å². The first kappa shape index (κ1) is 17.2. The van der Waals surface area contributed by atoms with Gasteiger partial charge < -0.3 is 15.4 Å². The van der Waals surface area contributed by atoms with Crippen LogP contribution in [-0.2, 0) is 14.6 Å². The summed E-state index contributed by atoms with van der Waals surface area (Å²) in [6, 6.07) is -0.317. The molecule has 118 valence electrons. The van der Waals surface area contributed by atoms with E-state index in [1.807, 2.05) is 0 Å². The largest absolute Gasteiger partial charge is 0.376 e. The Hall–Kier alpha value is -0.820. The lowest BCUT2D eigenvalue weighted by Gasteiger charge is -2.33. The van der Waals surface area contributed by atoms with Gasteiger partial charge >= 0.3 is 6.03 Å². The number of amides is 2. The number of carbonyl (C=O) groups excluding carboxylic acids is 1. The minimum atomic E-state index is -3.05. The van der Waals surface area contributed by atoms with Crippen molar-refractivity contribution < 1.29 is 17.9 Å². The van der Waals surface area contributed by atoms with Crippen LogP contribution >= 0.6 is 0 Å². The highest BCUT2D eigenvalue weighted by Gasteiger charge is 2.27. The van der Waals surface area contributed by atoms with Crippen molar-refractivity contribution >= 4 is 15.9 Å². The molecular formula is C13H26N2O4S. The normalized spacial score (nSPS) is 23.6. The highest BCUT2D eigenvalue weighted by atomic mass is 32.2. The summed E-state index contributed by atoms with van der Waals surface area (Å²) in [5.41, 5.74) is 0. The molecule has 1 rings (SSSR count). The molecule has 2 amide bonds. The van der Waals surface area contributed by atoms with Crippen molar-refractivity contribution in [3.05, 3.63) is 0 Å². The summed E-state index contributed by atoms with van der Waals surface area (Å²) in [6.07, 6.45) is 3.94. The molecule has 0 aliphatic carbocycles. The number of hydrogen-bond donors (Lipinski definition) is 2. The Morgan fingerprint density at radius 1 is 1.40 bits per heavy atom. The van der Waals surface area contributed by atoms with Crippen molar-refractivity contribution in [3.8, 4) is 0 Å². The van der Waals surface area contributed by atoms with Crippen LogP contribution in [-0.4, -0.2) is 51.8 Å². The predicted molar refractivity (Wildman–Crippen MR) is 78.5 cm³/mol. The zero-order chi connectivity index (χ0) is 15.2. The lowest BCUT2D eigenvalue weighted by molar-refractivity contribution is -0.0169. The lowest BCUT2D eigenvalue weighted by Crippen LogP contribution is -2.51. The molecule has 0 bridgehead atoms. The fourth-order valence-electron chi connectivity index (χ4n) is 2.27. The fourth-order valence-corrected chi connectivity index (χ4v) is 2.74. The van der Waals surface area contributed by atoms with E-state index < -0.39 is 9.84 Å². The van der Waals surface area contributed by atoms with Gasteiger partial charge in [-0.15, -0.1) is 0 Å². The van der Waals surface area contributed by atoms with E-state index in [1.165, 1.54) is 0 Å². The van der Waals surface area contributed by atoms with E-state index in [0.717, 1.165) is 32.1 Å². The fraction of sp³-hybridized carbons (Fsp3) is 0.923. The van der Waals surface area contributed by atoms with Crippen LogP contribution in [0.5, 0.6) is 0 Å². The molecule has 0 radical (unpaired) electrons. The molecule has 7 heteroatoms. The molecule has 0 saturated carbocycles. The SMILES string of the molecule is CC(C)C[C@H]1OCCC[C@H]1NC(=O)NCCS(C)(=O)=O. The van der Waals surface area contributed by atoms with Gasteiger partial charge in [0.05, 0.1) is 17.9 Å². The summed E-state index contributed by atoms with van der Waals surface area (Å²) in [7, 11) is -3.05. The van der Waals surface area contributed by atoms with Gasteiger partial charge in [-0.3, -0.25) is 0 Å². The zero-order valence-corrected chi connectivity index (χ0v) is 13.3. The molecule has 0 aromatic carbocycles. The molecule has 1 aliphatic rings. The van der Waals surface area contributed by atoms with Gasteiger partial charge in [0, 0.05) is 19.4 Å². The molecule has 6 nitrogen and oxygen atoms in total. The molecule has 1 saturated heterocycles. The Balaban J connectivity index is 2.38. The summed E-state index contributed by atoms with van der Waals surface area (Å²) in [6.45, 7) is 5.13. The number of nitrogens with one attached hydrogen (secondary N) is 2. The Bertz CT molecular complexity index is 409. The average Bonchev–Trinajstić information content (AvgIpc) is 2.29. The Labute approximate surface area is 121 Å². The van der Waals surface area contributed by atoms with E-state index in [-0.39, 0.29) is 30.5 Å². The number of rotatable bonds is 6. The molecule has 0 aromatic rings. The van der Waals surface area contributed by atoms with Crippen molar-refractivity contribution in [2.75, 3.05) is 25.2 Å². The van der Waals surface area contributed by atoms with Crippen LogP contribution in [0.1, 0.15) is 33.1 Å². The summed E-state index contributed by atoms with van der Waals surface area (Å²) in [5, 5.41) is 5.47. The van der Waals surface area contributed by atoms with Crippen molar-refractivity contribution in [2.24, 2.45) is 5.92 Å². The first-order chi connectivity index (χ1) is 9.28. The quantitative estimate of drug-likeness (QED) is 0.764. The van der Waals surface area contributed by atoms with Gasteiger partial charge in [-0.2, -0.15) is 0 Å². The summed E-state index contributed by atoms with van der Waals surface area (Å²) in [4.78, 5) is 11.8. The van der Waals surface area contributed by atoms with Gasteiger partial charge in [0.25, 0.3) is 0 Å². The van der Waals surface area contributed by atoms with Crippen molar-refractivity contribution in [1.82, 2.24) is 10.6 Å². The maximum atomic E-state index is 11.8. The standard InChI is InChI=1S/C13H26N2O4S/c1-10(2)9-12-11(5-4-7-19-12)15-13(16)14-6-8-20(3,17)18/h10-12H,4-9H2,1-3H3,(H2,14,15,16)/t11-,12-/m1/s1. The molecule has 1 fully saturated rings. The van der Waals surface area contributed by atoms with E-state index in [9.17, 15) is 13.2 Å². The van der Waals surface area contributed by atoms with Gasteiger partial charge in [0.15, 0.2) is 0 Å². The van der Waals surface area contributed by atoms with E-state index in [1.54, 1.807) is 0 Å². The average molecular weight is 306 g/mol. The molecule has 0 unspecified atom stereocenters. The number of carbonyl (C=O) groups is 1. The lowest BCUT2D eigenvalue weighted by atomic mass is 9.95. The van der Waals surface area contributed by atoms with Crippen LogP contribution in [0.4, 0.5) is 4.79 Å². The summed E-state index contributed by atoms with van der Waals surface area (Å²) >= 11 is 0. The second-order valence-corrected chi connectivity index (χ2v) is 8.08. The van der Waals surface area contributed by atoms with Gasteiger partial charge in [-0.25, -0.2) is 13.2 Å². The van der Waals surface area contributed by atoms with Crippen molar-refractivity contribution in [1.29, 1.82) is 0 Å². The Morgan fingerprint density at radius 3 is 2.70 bits per heavy atom. The van der Waals surface area contributed by atoms with Crippen LogP contribution < -0.4 is 10.6 Å². The molecule has 1 heterocycles. The van der Waals surface area contributed by atoms with E-state index >= 15 is 0 Å². The molecule has 0 spiro atoms. The van der Waals surface area contributed by atoms with Crippen molar-refractivity contribution in [3.63, 3.8) is 0 Å². The highest BCUT2D eigenvalue weighted by Crippen LogP contribution is 2.20. The van der Waals surface area contributed by atoms with Crippen LogP contribution in [0.25, 0.3) is 0 Å². The smallest absolute Gasteiger partial charge is 0.315 e. The number of ether oxygens (including phenoxy) is 1. The molecule has 2 atom stereocenters. The number of sulfone groups is 1. The molecule has 1 aliphatic heterocycles. The topological polar surface area (TPSA) is 84.5 Å². The van der Waals surface area contributed by atoms with E-state index in [0.29, 0.717) is 5.92 Å². The van der Waals surface area contributed by atoms with Crippen molar-refractivity contribution in [2.45, 2.75) is 45.3 Å². The van der Waals surface area contributed by atoms with Gasteiger partial charge in [-0.1, -0.05) is 13.8 Å². The summed E-state index contributed by atoms with van der Waals surface area (Å²) in [5.74, 6) is 0.465. The Kier molecular flexibility index (Phi) is 6.75. The van der Waals surface area contributed by atoms with Crippen LogP contribution in [0, 0.1) is 5.92 Å². The Morgan fingerprint density at radius 2 is 2.10 bits per heavy atom. The zero-order valence-electron chi connectivity index (χ0n) is 12.5. The first-order valence-electron chi connectivity index (χ1n) is 7.11. The summed E-state index contributed by atoms with van der Waals surface area (Å²) < 4.78 is 27.7. The second-order valence-electron chi connectivity index (χ2n) is 5.82. The maximum absolute atomic E-state index is 11.8. The molecule has 2 N–H and O–H groups in total. The third-order valence-electron chi connectivity index (χ3n) is 3.22. The van der Waals surface area contributed by atoms with Crippen LogP contribution in [0.2, 0.25) is 0 Å². The predicted octanol–water partition coefficient (Wildman–Crippen LogP) is 0.924.